The van der Waals surface area contributed by atoms with E-state index in [1.165, 1.54) is 0 Å². The molecule has 0 heterocycles. The summed E-state index contributed by atoms with van der Waals surface area (Å²) in [6, 6.07) is 5.23. The number of carbonyl (C=O) groups is 1. The molecule has 0 bridgehead atoms. The molecule has 0 spiro atoms. The fraction of sp³-hybridized carbons (Fsp3) is 0.400. The third-order valence-corrected chi connectivity index (χ3v) is 5.35. The van der Waals surface area contributed by atoms with Crippen molar-refractivity contribution in [2.24, 2.45) is 0 Å². The molecule has 0 fully saturated rings. The SMILES string of the molecule is CCOC(C(=O)O)C(C)c1ccc(OC/C=C/C#CC2(OC)C=CC=C(OC)C2)c(Cl)c1. The van der Waals surface area contributed by atoms with Gasteiger partial charge in [0.2, 0.25) is 0 Å². The fourth-order valence-electron chi connectivity index (χ4n) is 3.21. The Balaban J connectivity index is 1.96. The van der Waals surface area contributed by atoms with Crippen LogP contribution < -0.4 is 4.74 Å². The summed E-state index contributed by atoms with van der Waals surface area (Å²) in [5, 5.41) is 9.77. The van der Waals surface area contributed by atoms with Crippen LogP contribution in [-0.2, 0) is 19.0 Å². The number of carboxylic acid groups (broad SMARTS) is 1. The second-order valence-electron chi connectivity index (χ2n) is 7.14. The van der Waals surface area contributed by atoms with E-state index in [1.54, 1.807) is 58.4 Å². The molecular formula is C25H29ClO6. The van der Waals surface area contributed by atoms with Crippen LogP contribution in [0.1, 0.15) is 31.7 Å². The summed E-state index contributed by atoms with van der Waals surface area (Å²) in [7, 11) is 3.24. The Morgan fingerprint density at radius 1 is 1.38 bits per heavy atom. The number of benzene rings is 1. The van der Waals surface area contributed by atoms with Crippen LogP contribution in [0.15, 0.2) is 54.3 Å². The number of hydrogen-bond acceptors (Lipinski definition) is 5. The number of carboxylic acids is 1. The number of allylic oxidation sites excluding steroid dienone is 3. The highest BCUT2D eigenvalue weighted by Gasteiger charge is 2.28. The number of rotatable bonds is 10. The molecule has 1 N–H and O–H groups in total. The molecule has 0 saturated carbocycles. The maximum absolute atomic E-state index is 11.4. The monoisotopic (exact) mass is 460 g/mol. The zero-order valence-corrected chi connectivity index (χ0v) is 19.5. The molecule has 0 aliphatic heterocycles. The molecule has 1 aromatic rings. The summed E-state index contributed by atoms with van der Waals surface area (Å²) >= 11 is 6.33. The molecule has 3 atom stereocenters. The average molecular weight is 461 g/mol. The highest BCUT2D eigenvalue weighted by molar-refractivity contribution is 6.32. The molecule has 1 aliphatic rings. The first-order valence-corrected chi connectivity index (χ1v) is 10.7. The Bertz CT molecular complexity index is 939. The number of hydrogen-bond donors (Lipinski definition) is 1. The van der Waals surface area contributed by atoms with E-state index in [0.717, 1.165) is 11.3 Å². The quantitative estimate of drug-likeness (QED) is 0.508. The first-order chi connectivity index (χ1) is 15.4. The van der Waals surface area contributed by atoms with Crippen molar-refractivity contribution in [3.05, 3.63) is 64.9 Å². The summed E-state index contributed by atoms with van der Waals surface area (Å²) in [5.41, 5.74) is 0.0515. The van der Waals surface area contributed by atoms with Gasteiger partial charge in [-0.3, -0.25) is 0 Å². The highest BCUT2D eigenvalue weighted by atomic mass is 35.5. The van der Waals surface area contributed by atoms with Crippen molar-refractivity contribution in [3.63, 3.8) is 0 Å². The standard InChI is InChI=1S/C25H29ClO6/c1-5-31-23(24(27)28)18(2)19-11-12-22(21(26)16-19)32-15-8-6-7-13-25(30-4)14-9-10-20(17-25)29-3/h6,8-12,14,16,18,23H,5,15,17H2,1-4H3,(H,27,28)/b8-6+. The van der Waals surface area contributed by atoms with Crippen molar-refractivity contribution in [2.75, 3.05) is 27.4 Å². The van der Waals surface area contributed by atoms with E-state index in [-0.39, 0.29) is 12.5 Å². The predicted molar refractivity (Wildman–Crippen MR) is 124 cm³/mol. The Labute approximate surface area is 194 Å². The second kappa shape index (κ2) is 12.4. The van der Waals surface area contributed by atoms with Gasteiger partial charge in [-0.1, -0.05) is 42.5 Å². The van der Waals surface area contributed by atoms with Crippen LogP contribution in [0.4, 0.5) is 0 Å². The van der Waals surface area contributed by atoms with Crippen LogP contribution in [0.3, 0.4) is 0 Å². The molecule has 32 heavy (non-hydrogen) atoms. The minimum absolute atomic E-state index is 0.277. The molecule has 1 aromatic carbocycles. The predicted octanol–water partition coefficient (Wildman–Crippen LogP) is 4.75. The largest absolute Gasteiger partial charge is 0.501 e. The normalized spacial score (nSPS) is 19.6. The fourth-order valence-corrected chi connectivity index (χ4v) is 3.46. The van der Waals surface area contributed by atoms with Gasteiger partial charge in [0.05, 0.1) is 17.9 Å². The number of aliphatic carboxylic acids is 1. The van der Waals surface area contributed by atoms with Gasteiger partial charge in [-0.2, -0.15) is 0 Å². The molecular weight excluding hydrogens is 432 g/mol. The van der Waals surface area contributed by atoms with Crippen molar-refractivity contribution in [1.82, 2.24) is 0 Å². The van der Waals surface area contributed by atoms with Gasteiger partial charge in [0.1, 0.15) is 12.4 Å². The lowest BCUT2D eigenvalue weighted by atomic mass is 9.94. The molecule has 172 valence electrons. The molecule has 7 heteroatoms. The maximum atomic E-state index is 11.4. The van der Waals surface area contributed by atoms with Gasteiger partial charge in [-0.25, -0.2) is 4.79 Å². The van der Waals surface area contributed by atoms with Crippen LogP contribution in [-0.4, -0.2) is 50.2 Å². The van der Waals surface area contributed by atoms with Gasteiger partial charge in [-0.05, 0) is 48.9 Å². The van der Waals surface area contributed by atoms with Gasteiger partial charge < -0.3 is 24.1 Å². The van der Waals surface area contributed by atoms with Gasteiger partial charge in [0.25, 0.3) is 0 Å². The van der Waals surface area contributed by atoms with Crippen LogP contribution in [0.25, 0.3) is 0 Å². The lowest BCUT2D eigenvalue weighted by molar-refractivity contribution is -0.151. The van der Waals surface area contributed by atoms with Crippen LogP contribution >= 0.6 is 11.6 Å². The Hall–Kier alpha value is -2.72. The molecule has 1 aliphatic carbocycles. The van der Waals surface area contributed by atoms with Crippen molar-refractivity contribution < 1.29 is 28.8 Å². The summed E-state index contributed by atoms with van der Waals surface area (Å²) < 4.78 is 21.9. The summed E-state index contributed by atoms with van der Waals surface area (Å²) in [5.74, 6) is 6.03. The molecule has 0 saturated heterocycles. The van der Waals surface area contributed by atoms with Gasteiger partial charge in [0.15, 0.2) is 11.7 Å². The van der Waals surface area contributed by atoms with Crippen molar-refractivity contribution >= 4 is 17.6 Å². The number of ether oxygens (including phenoxy) is 4. The summed E-state index contributed by atoms with van der Waals surface area (Å²) in [4.78, 5) is 11.4. The molecule has 2 rings (SSSR count). The molecule has 0 amide bonds. The lowest BCUT2D eigenvalue weighted by Gasteiger charge is -2.26. The highest BCUT2D eigenvalue weighted by Crippen LogP contribution is 2.31. The van der Waals surface area contributed by atoms with E-state index < -0.39 is 17.7 Å². The molecule has 6 nitrogen and oxygen atoms in total. The second-order valence-corrected chi connectivity index (χ2v) is 7.55. The topological polar surface area (TPSA) is 74.2 Å². The Morgan fingerprint density at radius 2 is 2.16 bits per heavy atom. The minimum atomic E-state index is -1.00. The van der Waals surface area contributed by atoms with Gasteiger partial charge in [0, 0.05) is 26.1 Å². The van der Waals surface area contributed by atoms with E-state index in [0.29, 0.717) is 23.8 Å². The van der Waals surface area contributed by atoms with Gasteiger partial charge in [-0.15, -0.1) is 0 Å². The van der Waals surface area contributed by atoms with Crippen molar-refractivity contribution in [1.29, 1.82) is 0 Å². The third kappa shape index (κ3) is 6.89. The minimum Gasteiger partial charge on any atom is -0.501 e. The summed E-state index contributed by atoms with van der Waals surface area (Å²) in [6.45, 7) is 4.15. The van der Waals surface area contributed by atoms with Crippen LogP contribution in [0, 0.1) is 11.8 Å². The van der Waals surface area contributed by atoms with E-state index in [9.17, 15) is 9.90 Å². The number of methoxy groups -OCH3 is 2. The molecule has 3 unspecified atom stereocenters. The van der Waals surface area contributed by atoms with E-state index in [1.807, 2.05) is 18.2 Å². The zero-order valence-electron chi connectivity index (χ0n) is 18.8. The van der Waals surface area contributed by atoms with Crippen LogP contribution in [0.2, 0.25) is 5.02 Å². The Kier molecular flexibility index (Phi) is 9.86. The van der Waals surface area contributed by atoms with Crippen molar-refractivity contribution in [3.8, 4) is 17.6 Å². The first-order valence-electron chi connectivity index (χ1n) is 10.3. The summed E-state index contributed by atoms with van der Waals surface area (Å²) in [6.07, 6.45) is 8.73. The van der Waals surface area contributed by atoms with E-state index in [2.05, 4.69) is 11.8 Å². The molecule has 0 aromatic heterocycles. The number of halogens is 1. The smallest absolute Gasteiger partial charge is 0.333 e. The molecule has 0 radical (unpaired) electrons. The van der Waals surface area contributed by atoms with Crippen LogP contribution in [0.5, 0.6) is 5.75 Å². The van der Waals surface area contributed by atoms with Crippen molar-refractivity contribution in [2.45, 2.75) is 37.9 Å². The Morgan fingerprint density at radius 3 is 2.78 bits per heavy atom. The zero-order chi connectivity index (χ0) is 23.6. The third-order valence-electron chi connectivity index (χ3n) is 5.06. The van der Waals surface area contributed by atoms with E-state index in [4.69, 9.17) is 30.5 Å². The van der Waals surface area contributed by atoms with E-state index >= 15 is 0 Å². The van der Waals surface area contributed by atoms with Gasteiger partial charge >= 0.3 is 5.97 Å². The average Bonchev–Trinajstić information content (AvgIpc) is 2.80. The maximum Gasteiger partial charge on any atom is 0.333 e. The lowest BCUT2D eigenvalue weighted by Crippen LogP contribution is -2.29. The first kappa shape index (κ1) is 25.5.